The van der Waals surface area contributed by atoms with Crippen LogP contribution in [-0.2, 0) is 4.79 Å². The Hall–Kier alpha value is -1.06. The van der Waals surface area contributed by atoms with Crippen molar-refractivity contribution < 1.29 is 4.79 Å². The molecule has 1 amide bonds. The van der Waals surface area contributed by atoms with E-state index in [1.54, 1.807) is 4.90 Å². The van der Waals surface area contributed by atoms with Crippen LogP contribution in [0.3, 0.4) is 0 Å². The zero-order chi connectivity index (χ0) is 8.88. The van der Waals surface area contributed by atoms with Gasteiger partial charge in [-0.3, -0.25) is 10.2 Å². The number of amides is 1. The van der Waals surface area contributed by atoms with E-state index in [-0.39, 0.29) is 23.9 Å². The van der Waals surface area contributed by atoms with E-state index in [4.69, 9.17) is 0 Å². The number of likely N-dealkylation sites (tertiary alicyclic amines) is 1. The molecule has 0 spiro atoms. The Labute approximate surface area is 71.6 Å². The second kappa shape index (κ2) is 2.21. The Morgan fingerprint density at radius 3 is 2.83 bits per heavy atom. The van der Waals surface area contributed by atoms with E-state index in [1.807, 2.05) is 14.0 Å². The van der Waals surface area contributed by atoms with Crippen LogP contribution in [0.15, 0.2) is 5.10 Å². The number of hydrazone groups is 1. The van der Waals surface area contributed by atoms with Gasteiger partial charge in [0.05, 0.1) is 0 Å². The summed E-state index contributed by atoms with van der Waals surface area (Å²) >= 11 is 0. The molecule has 2 heterocycles. The smallest absolute Gasteiger partial charge is 0.247 e. The molecule has 1 saturated heterocycles. The van der Waals surface area contributed by atoms with Gasteiger partial charge >= 0.3 is 0 Å². The lowest BCUT2D eigenvalue weighted by Gasteiger charge is -2.18. The molecule has 2 aliphatic rings. The van der Waals surface area contributed by atoms with E-state index in [2.05, 4.69) is 17.5 Å². The van der Waals surface area contributed by atoms with Gasteiger partial charge in [0.15, 0.2) is 0 Å². The summed E-state index contributed by atoms with van der Waals surface area (Å²) in [7, 11) is 1.85. The van der Waals surface area contributed by atoms with E-state index in [0.717, 1.165) is 5.71 Å². The highest BCUT2D eigenvalue weighted by molar-refractivity contribution is 5.98. The Balaban J connectivity index is 2.32. The molecule has 4 heteroatoms. The summed E-state index contributed by atoms with van der Waals surface area (Å²) in [6.07, 6.45) is 0. The van der Waals surface area contributed by atoms with Gasteiger partial charge in [-0.2, -0.15) is 5.10 Å². The maximum atomic E-state index is 11.5. The lowest BCUT2D eigenvalue weighted by atomic mass is 9.94. The number of nitrogens with zero attached hydrogens (tertiary/aromatic N) is 2. The molecule has 4 nitrogen and oxygen atoms in total. The fourth-order valence-electron chi connectivity index (χ4n) is 2.06. The minimum absolute atomic E-state index is 0.0926. The van der Waals surface area contributed by atoms with Crippen LogP contribution in [-0.4, -0.2) is 35.7 Å². The van der Waals surface area contributed by atoms with Crippen molar-refractivity contribution >= 4 is 11.6 Å². The third kappa shape index (κ3) is 0.722. The number of carbonyl (C=O) groups is 1. The van der Waals surface area contributed by atoms with Gasteiger partial charge in [0.2, 0.25) is 5.91 Å². The van der Waals surface area contributed by atoms with Crippen LogP contribution in [0.4, 0.5) is 0 Å². The predicted octanol–water partition coefficient (Wildman–Crippen LogP) is -0.189. The summed E-state index contributed by atoms with van der Waals surface area (Å²) in [5, 5.41) is 4.08. The van der Waals surface area contributed by atoms with Crippen molar-refractivity contribution in [3.05, 3.63) is 0 Å². The Morgan fingerprint density at radius 2 is 2.25 bits per heavy atom. The van der Waals surface area contributed by atoms with Crippen LogP contribution < -0.4 is 5.43 Å². The molecule has 0 aromatic rings. The maximum Gasteiger partial charge on any atom is 0.247 e. The molecule has 3 unspecified atom stereocenters. The summed E-state index contributed by atoms with van der Waals surface area (Å²) in [5.41, 5.74) is 3.92. The van der Waals surface area contributed by atoms with Crippen molar-refractivity contribution in [2.24, 2.45) is 11.0 Å². The van der Waals surface area contributed by atoms with Gasteiger partial charge < -0.3 is 4.90 Å². The largest absolute Gasteiger partial charge is 0.340 e. The van der Waals surface area contributed by atoms with Crippen molar-refractivity contribution in [3.8, 4) is 0 Å². The first-order chi connectivity index (χ1) is 5.63. The number of hydrogen-bond acceptors (Lipinski definition) is 3. The Bertz CT molecular complexity index is 261. The molecule has 1 N–H and O–H groups in total. The maximum absolute atomic E-state index is 11.5. The standard InChI is InChI=1S/C8H13N3O/c1-4-6-5(2)11(3)8(12)7(6)10-9-4/h5-7,10H,1-3H3. The van der Waals surface area contributed by atoms with Crippen LogP contribution in [0.1, 0.15) is 13.8 Å². The molecule has 0 aromatic heterocycles. The molecule has 2 aliphatic heterocycles. The van der Waals surface area contributed by atoms with E-state index in [0.29, 0.717) is 0 Å². The van der Waals surface area contributed by atoms with Crippen LogP contribution in [0.25, 0.3) is 0 Å². The first kappa shape index (κ1) is 7.58. The summed E-state index contributed by atoms with van der Waals surface area (Å²) in [5.74, 6) is 0.440. The van der Waals surface area contributed by atoms with Crippen LogP contribution in [0, 0.1) is 5.92 Å². The minimum Gasteiger partial charge on any atom is -0.340 e. The zero-order valence-corrected chi connectivity index (χ0v) is 7.53. The monoisotopic (exact) mass is 167 g/mol. The van der Waals surface area contributed by atoms with Crippen LogP contribution in [0.2, 0.25) is 0 Å². The molecule has 2 rings (SSSR count). The Morgan fingerprint density at radius 1 is 1.58 bits per heavy atom. The molecule has 0 aromatic carbocycles. The van der Waals surface area contributed by atoms with Gasteiger partial charge in [-0.05, 0) is 13.8 Å². The number of fused-ring (bicyclic) bond motifs is 1. The second-order valence-corrected chi connectivity index (χ2v) is 3.58. The number of likely N-dealkylation sites (N-methyl/N-ethyl adjacent to an activating group) is 1. The molecule has 3 atom stereocenters. The molecule has 0 bridgehead atoms. The zero-order valence-electron chi connectivity index (χ0n) is 7.53. The fourth-order valence-corrected chi connectivity index (χ4v) is 2.06. The quantitative estimate of drug-likeness (QED) is 0.543. The van der Waals surface area contributed by atoms with Crippen molar-refractivity contribution in [1.29, 1.82) is 0 Å². The minimum atomic E-state index is -0.0926. The highest BCUT2D eigenvalue weighted by Gasteiger charge is 2.48. The molecule has 12 heavy (non-hydrogen) atoms. The van der Waals surface area contributed by atoms with E-state index in [9.17, 15) is 4.79 Å². The van der Waals surface area contributed by atoms with Crippen molar-refractivity contribution in [3.63, 3.8) is 0 Å². The highest BCUT2D eigenvalue weighted by Crippen LogP contribution is 2.28. The third-order valence-corrected chi connectivity index (χ3v) is 2.97. The lowest BCUT2D eigenvalue weighted by Crippen LogP contribution is -2.34. The normalized spacial score (nSPS) is 39.6. The topological polar surface area (TPSA) is 44.7 Å². The van der Waals surface area contributed by atoms with Crippen molar-refractivity contribution in [1.82, 2.24) is 10.3 Å². The SMILES string of the molecule is CC1=NNC2C(=O)N(C)C(C)C12. The van der Waals surface area contributed by atoms with Gasteiger partial charge in [0.1, 0.15) is 6.04 Å². The van der Waals surface area contributed by atoms with Crippen LogP contribution >= 0.6 is 0 Å². The van der Waals surface area contributed by atoms with Gasteiger partial charge in [-0.1, -0.05) is 0 Å². The number of nitrogens with one attached hydrogen (secondary N) is 1. The first-order valence-electron chi connectivity index (χ1n) is 4.19. The molecule has 0 saturated carbocycles. The van der Waals surface area contributed by atoms with Gasteiger partial charge in [-0.15, -0.1) is 0 Å². The second-order valence-electron chi connectivity index (χ2n) is 3.58. The van der Waals surface area contributed by atoms with Crippen molar-refractivity contribution in [2.75, 3.05) is 7.05 Å². The summed E-state index contributed by atoms with van der Waals surface area (Å²) in [6, 6.07) is 0.186. The number of rotatable bonds is 0. The summed E-state index contributed by atoms with van der Waals surface area (Å²) in [4.78, 5) is 13.3. The average Bonchev–Trinajstić information content (AvgIpc) is 2.51. The molecular weight excluding hydrogens is 154 g/mol. The van der Waals surface area contributed by atoms with Gasteiger partial charge in [0, 0.05) is 24.7 Å². The van der Waals surface area contributed by atoms with Gasteiger partial charge in [-0.25, -0.2) is 0 Å². The third-order valence-electron chi connectivity index (χ3n) is 2.97. The molecular formula is C8H13N3O. The molecule has 0 radical (unpaired) electrons. The summed E-state index contributed by atoms with van der Waals surface area (Å²) < 4.78 is 0. The Kier molecular flexibility index (Phi) is 1.40. The van der Waals surface area contributed by atoms with Crippen molar-refractivity contribution in [2.45, 2.75) is 25.9 Å². The van der Waals surface area contributed by atoms with E-state index < -0.39 is 0 Å². The lowest BCUT2D eigenvalue weighted by molar-refractivity contribution is -0.129. The van der Waals surface area contributed by atoms with Crippen LogP contribution in [0.5, 0.6) is 0 Å². The van der Waals surface area contributed by atoms with Gasteiger partial charge in [0.25, 0.3) is 0 Å². The summed E-state index contributed by atoms with van der Waals surface area (Å²) in [6.45, 7) is 4.04. The molecule has 0 aliphatic carbocycles. The molecule has 66 valence electrons. The average molecular weight is 167 g/mol. The molecule has 1 fully saturated rings. The highest BCUT2D eigenvalue weighted by atomic mass is 16.2. The predicted molar refractivity (Wildman–Crippen MR) is 45.8 cm³/mol. The fraction of sp³-hybridized carbons (Fsp3) is 0.750. The van der Waals surface area contributed by atoms with E-state index >= 15 is 0 Å². The first-order valence-corrected chi connectivity index (χ1v) is 4.19. The number of carbonyl (C=O) groups excluding carboxylic acids is 1. The van der Waals surface area contributed by atoms with E-state index in [1.165, 1.54) is 0 Å². The number of hydrogen-bond donors (Lipinski definition) is 1.